The van der Waals surface area contributed by atoms with E-state index in [1.165, 1.54) is 36.4 Å². The van der Waals surface area contributed by atoms with Crippen LogP contribution in [0.2, 0.25) is 10.0 Å². The van der Waals surface area contributed by atoms with Crippen molar-refractivity contribution in [3.05, 3.63) is 63.6 Å². The highest BCUT2D eigenvalue weighted by molar-refractivity contribution is 6.42. The molecule has 5 nitrogen and oxygen atoms in total. The van der Waals surface area contributed by atoms with Gasteiger partial charge in [-0.05, 0) is 62.7 Å². The van der Waals surface area contributed by atoms with Gasteiger partial charge in [-0.15, -0.1) is 0 Å². The van der Waals surface area contributed by atoms with Crippen molar-refractivity contribution in [3.8, 4) is 5.75 Å². The zero-order valence-corrected chi connectivity index (χ0v) is 19.1. The molecule has 0 heterocycles. The zero-order valence-electron chi connectivity index (χ0n) is 17.6. The van der Waals surface area contributed by atoms with Gasteiger partial charge in [0.1, 0.15) is 17.4 Å². The molecular formula is C22H22Cl2F3NO4. The number of rotatable bonds is 7. The molecule has 174 valence electrons. The molecule has 1 N–H and O–H groups in total. The zero-order chi connectivity index (χ0) is 24.1. The molecule has 1 atom stereocenters. The Morgan fingerprint density at radius 2 is 1.62 bits per heavy atom. The average molecular weight is 492 g/mol. The van der Waals surface area contributed by atoms with Crippen LogP contribution in [0.1, 0.15) is 49.2 Å². The number of hydrogen-bond acceptors (Lipinski definition) is 4. The molecule has 0 aliphatic rings. The molecule has 0 radical (unpaired) electrons. The lowest BCUT2D eigenvalue weighted by molar-refractivity contribution is -0.139. The summed E-state index contributed by atoms with van der Waals surface area (Å²) in [5, 5.41) is 3.00. The van der Waals surface area contributed by atoms with Crippen LogP contribution in [0, 0.1) is 0 Å². The van der Waals surface area contributed by atoms with Crippen LogP contribution >= 0.6 is 23.2 Å². The van der Waals surface area contributed by atoms with Gasteiger partial charge in [-0.25, -0.2) is 4.79 Å². The fourth-order valence-electron chi connectivity index (χ4n) is 2.58. The van der Waals surface area contributed by atoms with Crippen molar-refractivity contribution in [1.29, 1.82) is 0 Å². The van der Waals surface area contributed by atoms with Gasteiger partial charge < -0.3 is 14.8 Å². The molecule has 2 aromatic rings. The molecule has 32 heavy (non-hydrogen) atoms. The van der Waals surface area contributed by atoms with Crippen LogP contribution in [0.3, 0.4) is 0 Å². The van der Waals surface area contributed by atoms with Crippen LogP contribution in [0.25, 0.3) is 0 Å². The SMILES string of the molecule is CC(C)(C)OC(=O)NC(C(=O)c1ccc(OCCC(F)(F)F)cc1)c1ccc(Cl)c(Cl)c1. The first-order valence-electron chi connectivity index (χ1n) is 9.53. The van der Waals surface area contributed by atoms with Gasteiger partial charge in [-0.1, -0.05) is 29.3 Å². The summed E-state index contributed by atoms with van der Waals surface area (Å²) >= 11 is 12.0. The smallest absolute Gasteiger partial charge is 0.408 e. The van der Waals surface area contributed by atoms with E-state index in [0.717, 1.165) is 0 Å². The third-order valence-electron chi connectivity index (χ3n) is 3.99. The van der Waals surface area contributed by atoms with Gasteiger partial charge in [0, 0.05) is 5.56 Å². The third-order valence-corrected chi connectivity index (χ3v) is 4.73. The van der Waals surface area contributed by atoms with E-state index in [0.29, 0.717) is 5.56 Å². The highest BCUT2D eigenvalue weighted by atomic mass is 35.5. The number of alkyl halides is 3. The lowest BCUT2D eigenvalue weighted by Crippen LogP contribution is -2.38. The van der Waals surface area contributed by atoms with E-state index in [2.05, 4.69) is 5.32 Å². The van der Waals surface area contributed by atoms with E-state index in [1.807, 2.05) is 0 Å². The lowest BCUT2D eigenvalue weighted by Gasteiger charge is -2.23. The van der Waals surface area contributed by atoms with E-state index in [9.17, 15) is 22.8 Å². The van der Waals surface area contributed by atoms with Crippen molar-refractivity contribution in [1.82, 2.24) is 5.32 Å². The molecule has 1 amide bonds. The summed E-state index contributed by atoms with van der Waals surface area (Å²) in [7, 11) is 0. The Labute approximate surface area is 193 Å². The molecule has 1 unspecified atom stereocenters. The fourth-order valence-corrected chi connectivity index (χ4v) is 2.89. The number of carbonyl (C=O) groups is 2. The highest BCUT2D eigenvalue weighted by Crippen LogP contribution is 2.28. The maximum atomic E-state index is 13.2. The van der Waals surface area contributed by atoms with Gasteiger partial charge in [-0.2, -0.15) is 13.2 Å². The molecule has 0 spiro atoms. The van der Waals surface area contributed by atoms with Gasteiger partial charge in [0.25, 0.3) is 0 Å². The number of carbonyl (C=O) groups excluding carboxylic acids is 2. The molecule has 10 heteroatoms. The lowest BCUT2D eigenvalue weighted by atomic mass is 9.97. The van der Waals surface area contributed by atoms with Crippen molar-refractivity contribution < 1.29 is 32.2 Å². The van der Waals surface area contributed by atoms with Gasteiger partial charge in [0.2, 0.25) is 0 Å². The van der Waals surface area contributed by atoms with Crippen molar-refractivity contribution in [2.75, 3.05) is 6.61 Å². The van der Waals surface area contributed by atoms with E-state index in [1.54, 1.807) is 26.8 Å². The number of alkyl carbamates (subject to hydrolysis) is 1. The van der Waals surface area contributed by atoms with E-state index < -0.39 is 42.7 Å². The first kappa shape index (κ1) is 25.8. The topological polar surface area (TPSA) is 64.6 Å². The summed E-state index contributed by atoms with van der Waals surface area (Å²) in [6.07, 6.45) is -6.22. The number of ether oxygens (including phenoxy) is 2. The van der Waals surface area contributed by atoms with Crippen LogP contribution in [-0.4, -0.2) is 30.3 Å². The first-order chi connectivity index (χ1) is 14.7. The van der Waals surface area contributed by atoms with Crippen molar-refractivity contribution in [2.45, 2.75) is 45.0 Å². The molecule has 0 aromatic heterocycles. The van der Waals surface area contributed by atoms with Crippen LogP contribution in [0.15, 0.2) is 42.5 Å². The number of halogens is 5. The molecule has 0 saturated carbocycles. The monoisotopic (exact) mass is 491 g/mol. The van der Waals surface area contributed by atoms with Crippen molar-refractivity contribution in [3.63, 3.8) is 0 Å². The Bertz CT molecular complexity index is 957. The number of hydrogen-bond donors (Lipinski definition) is 1. The maximum absolute atomic E-state index is 13.2. The molecule has 0 aliphatic heterocycles. The largest absolute Gasteiger partial charge is 0.493 e. The van der Waals surface area contributed by atoms with Gasteiger partial charge in [0.05, 0.1) is 23.1 Å². The van der Waals surface area contributed by atoms with E-state index >= 15 is 0 Å². The van der Waals surface area contributed by atoms with Crippen LogP contribution < -0.4 is 10.1 Å². The number of Topliss-reactive ketones (excluding diaryl/α,β-unsaturated/α-hetero) is 1. The minimum Gasteiger partial charge on any atom is -0.493 e. The second kappa shape index (κ2) is 10.4. The summed E-state index contributed by atoms with van der Waals surface area (Å²) in [6.45, 7) is 4.50. The minimum atomic E-state index is -4.32. The average Bonchev–Trinajstić information content (AvgIpc) is 2.66. The Hall–Kier alpha value is -2.45. The summed E-state index contributed by atoms with van der Waals surface area (Å²) < 4.78 is 47.1. The first-order valence-corrected chi connectivity index (χ1v) is 10.3. The number of benzene rings is 2. The molecule has 0 bridgehead atoms. The van der Waals surface area contributed by atoms with Gasteiger partial charge in [0.15, 0.2) is 5.78 Å². The van der Waals surface area contributed by atoms with Crippen LogP contribution in [0.5, 0.6) is 5.75 Å². The normalized spacial score (nSPS) is 12.8. The Kier molecular flexibility index (Phi) is 8.42. The van der Waals surface area contributed by atoms with Crippen LogP contribution in [-0.2, 0) is 4.74 Å². The van der Waals surface area contributed by atoms with Crippen molar-refractivity contribution in [2.24, 2.45) is 0 Å². The second-order valence-corrected chi connectivity index (χ2v) is 8.67. The standard InChI is InChI=1S/C22H22Cl2F3NO4/c1-21(2,3)32-20(30)28-18(14-6-9-16(23)17(24)12-14)19(29)13-4-7-15(8-5-13)31-11-10-22(25,26)27/h4-9,12,18H,10-11H2,1-3H3,(H,28,30). The summed E-state index contributed by atoms with van der Waals surface area (Å²) in [6, 6.07) is 8.90. The summed E-state index contributed by atoms with van der Waals surface area (Å²) in [4.78, 5) is 25.5. The van der Waals surface area contributed by atoms with Crippen LogP contribution in [0.4, 0.5) is 18.0 Å². The summed E-state index contributed by atoms with van der Waals surface area (Å²) in [5.74, 6) is -0.312. The Balaban J connectivity index is 2.23. The third kappa shape index (κ3) is 8.24. The van der Waals surface area contributed by atoms with E-state index in [-0.39, 0.29) is 21.4 Å². The molecule has 0 aliphatic carbocycles. The summed E-state index contributed by atoms with van der Waals surface area (Å²) in [5.41, 5.74) is -0.217. The highest BCUT2D eigenvalue weighted by Gasteiger charge is 2.28. The van der Waals surface area contributed by atoms with E-state index in [4.69, 9.17) is 32.7 Å². The molecular weight excluding hydrogens is 470 g/mol. The molecule has 0 fully saturated rings. The van der Waals surface area contributed by atoms with Gasteiger partial charge >= 0.3 is 12.3 Å². The molecule has 2 rings (SSSR count). The molecule has 2 aromatic carbocycles. The molecule has 0 saturated heterocycles. The van der Waals surface area contributed by atoms with Gasteiger partial charge in [-0.3, -0.25) is 4.79 Å². The Morgan fingerprint density at radius 1 is 1.00 bits per heavy atom. The maximum Gasteiger partial charge on any atom is 0.408 e. The number of ketones is 1. The predicted molar refractivity (Wildman–Crippen MR) is 116 cm³/mol. The quantitative estimate of drug-likeness (QED) is 0.433. The predicted octanol–water partition coefficient (Wildman–Crippen LogP) is 6.77. The number of nitrogens with one attached hydrogen (secondary N) is 1. The minimum absolute atomic E-state index is 0.178. The second-order valence-electron chi connectivity index (χ2n) is 7.86. The Morgan fingerprint density at radius 3 is 2.16 bits per heavy atom. The fraction of sp³-hybridized carbons (Fsp3) is 0.364. The number of amides is 1. The van der Waals surface area contributed by atoms with Crippen molar-refractivity contribution >= 4 is 35.1 Å².